The normalized spacial score (nSPS) is 14.0. The highest BCUT2D eigenvalue weighted by atomic mass is 35.5. The van der Waals surface area contributed by atoms with Gasteiger partial charge in [0.25, 0.3) is 0 Å². The van der Waals surface area contributed by atoms with Crippen molar-refractivity contribution in [1.82, 2.24) is 19.1 Å². The van der Waals surface area contributed by atoms with Gasteiger partial charge in [0.2, 0.25) is 0 Å². The van der Waals surface area contributed by atoms with E-state index in [1.807, 2.05) is 48.5 Å². The first-order valence-corrected chi connectivity index (χ1v) is 30.3. The minimum atomic E-state index is -0.406. The lowest BCUT2D eigenvalue weighted by molar-refractivity contribution is 0.00578. The third-order valence-corrected chi connectivity index (χ3v) is 18.7. The molecular weight excluding hydrogens is 1100 g/mol. The summed E-state index contributed by atoms with van der Waals surface area (Å²) in [4.78, 5) is 6.93. The molecule has 0 unspecified atom stereocenters. The Kier molecular flexibility index (Phi) is 11.8. The average molecular weight is 1160 g/mol. The molecule has 7 heterocycles. The zero-order valence-electron chi connectivity index (χ0n) is 48.7. The summed E-state index contributed by atoms with van der Waals surface area (Å²) in [6.45, 7) is 8.36. The number of aromatic amines is 2. The molecule has 0 radical (unpaired) electrons. The van der Waals surface area contributed by atoms with Gasteiger partial charge in [-0.2, -0.15) is 0 Å². The van der Waals surface area contributed by atoms with E-state index in [-0.39, 0.29) is 11.2 Å². The van der Waals surface area contributed by atoms with Crippen molar-refractivity contribution in [1.29, 1.82) is 0 Å². The highest BCUT2D eigenvalue weighted by molar-refractivity contribution is 6.62. The second-order valence-electron chi connectivity index (χ2n) is 24.2. The van der Waals surface area contributed by atoms with Gasteiger partial charge in [0.15, 0.2) is 0 Å². The van der Waals surface area contributed by atoms with Gasteiger partial charge in [-0.15, -0.1) is 0 Å². The predicted molar refractivity (Wildman–Crippen MR) is 367 cm³/mol. The fourth-order valence-electron chi connectivity index (χ4n) is 13.4. The van der Waals surface area contributed by atoms with Crippen LogP contribution in [-0.4, -0.2) is 37.4 Å². The molecule has 1 saturated heterocycles. The van der Waals surface area contributed by atoms with Crippen LogP contribution in [0.2, 0.25) is 5.02 Å². The first-order valence-electron chi connectivity index (χ1n) is 29.9. The fourth-order valence-corrected chi connectivity index (χ4v) is 13.6. The number of furan rings is 2. The van der Waals surface area contributed by atoms with Crippen LogP contribution in [-0.2, 0) is 9.31 Å². The molecule has 19 rings (SSSR count). The Labute approximate surface area is 510 Å². The van der Waals surface area contributed by atoms with Crippen molar-refractivity contribution >= 4 is 155 Å². The highest BCUT2D eigenvalue weighted by Gasteiger charge is 2.51. The van der Waals surface area contributed by atoms with Crippen molar-refractivity contribution in [3.63, 3.8) is 0 Å². The minimum absolute atomic E-state index is 0.382. The Morgan fingerprint density at radius 1 is 0.318 bits per heavy atom. The summed E-state index contributed by atoms with van der Waals surface area (Å²) in [5.41, 5.74) is 17.8. The van der Waals surface area contributed by atoms with Gasteiger partial charge in [-0.25, -0.2) is 0 Å². The number of H-pyrrole nitrogens is 2. The van der Waals surface area contributed by atoms with Crippen LogP contribution in [0, 0.1) is 0 Å². The van der Waals surface area contributed by atoms with Gasteiger partial charge in [-0.3, -0.25) is 0 Å². The van der Waals surface area contributed by atoms with Gasteiger partial charge in [0.05, 0.1) is 33.3 Å². The first-order chi connectivity index (χ1) is 43.0. The summed E-state index contributed by atoms with van der Waals surface area (Å²) >= 11 is 5.93. The number of rotatable bonds is 4. The number of nitrogens with one attached hydrogen (secondary N) is 2. The predicted octanol–water partition coefficient (Wildman–Crippen LogP) is 20.9. The molecule has 0 amide bonds. The van der Waals surface area contributed by atoms with Crippen LogP contribution in [0.25, 0.3) is 154 Å². The molecule has 12 aromatic carbocycles. The van der Waals surface area contributed by atoms with Crippen LogP contribution in [0.15, 0.2) is 264 Å². The van der Waals surface area contributed by atoms with E-state index in [1.165, 1.54) is 76.3 Å². The number of aromatic nitrogens is 4. The molecule has 18 aromatic rings. The average Bonchev–Trinajstić information content (AvgIpc) is 2.36. The smallest absolute Gasteiger partial charge is 0.456 e. The lowest BCUT2D eigenvalue weighted by Crippen LogP contribution is -2.41. The molecule has 0 aliphatic carbocycles. The van der Waals surface area contributed by atoms with Crippen molar-refractivity contribution in [3.8, 4) is 22.5 Å². The Hall–Kier alpha value is -10.3. The van der Waals surface area contributed by atoms with E-state index in [0.29, 0.717) is 0 Å². The third-order valence-electron chi connectivity index (χ3n) is 18.4. The summed E-state index contributed by atoms with van der Waals surface area (Å²) in [6, 6.07) is 89.5. The molecule has 8 nitrogen and oxygen atoms in total. The van der Waals surface area contributed by atoms with Crippen LogP contribution in [0.3, 0.4) is 0 Å². The minimum Gasteiger partial charge on any atom is -0.456 e. The van der Waals surface area contributed by atoms with Gasteiger partial charge < -0.3 is 37.2 Å². The molecule has 0 saturated carbocycles. The molecule has 422 valence electrons. The largest absolute Gasteiger partial charge is 0.494 e. The second kappa shape index (κ2) is 19.9. The van der Waals surface area contributed by atoms with Gasteiger partial charge in [-0.05, 0) is 147 Å². The molecule has 2 N–H and O–H groups in total. The quantitative estimate of drug-likeness (QED) is 0.172. The first kappa shape index (κ1) is 52.1. The van der Waals surface area contributed by atoms with Crippen molar-refractivity contribution in [2.45, 2.75) is 38.9 Å². The van der Waals surface area contributed by atoms with E-state index in [4.69, 9.17) is 29.7 Å². The molecule has 6 aromatic heterocycles. The molecule has 0 bridgehead atoms. The van der Waals surface area contributed by atoms with Crippen LogP contribution in [0.4, 0.5) is 0 Å². The lowest BCUT2D eigenvalue weighted by atomic mass is 9.79. The van der Waals surface area contributed by atoms with Crippen molar-refractivity contribution in [2.75, 3.05) is 0 Å². The fraction of sp³-hybridized carbons (Fsp3) is 0.0769. The molecule has 0 spiro atoms. The van der Waals surface area contributed by atoms with Crippen molar-refractivity contribution in [3.05, 3.63) is 260 Å². The van der Waals surface area contributed by atoms with Gasteiger partial charge >= 0.3 is 7.12 Å². The van der Waals surface area contributed by atoms with E-state index in [1.54, 1.807) is 0 Å². The molecule has 1 aliphatic heterocycles. The van der Waals surface area contributed by atoms with E-state index < -0.39 is 7.12 Å². The summed E-state index contributed by atoms with van der Waals surface area (Å²) in [6.07, 6.45) is 0. The maximum Gasteiger partial charge on any atom is 0.494 e. The standard InChI is InChI=1S/C36H22N2O.C30H26BNO3.C12H8ClN/c1-4-10-31-25(7-1)26-16-13-22(19-32(26)37-31)23-14-17-28-27-8-2-5-11-33(27)38(34(28)20-23)24-15-18-36-30(21-24)29-9-3-6-12-35(29)39-36;1-29(2)30(3,4)35-31(34-29)19-13-15-22-21-9-5-7-11-25(21)32(26(22)17-19)20-14-16-28-24(18-20)23-10-6-8-12-27(23)33-28;13-8-5-6-10-9-3-1-2-4-11(9)14-12(10)7-8/h1-21,37H;5-18H,1-4H3;1-7,14H. The maximum absolute atomic E-state index is 6.37. The molecule has 10 heteroatoms. The zero-order valence-corrected chi connectivity index (χ0v) is 49.5. The molecule has 88 heavy (non-hydrogen) atoms. The van der Waals surface area contributed by atoms with Gasteiger partial charge in [0, 0.05) is 103 Å². The lowest BCUT2D eigenvalue weighted by Gasteiger charge is -2.32. The second-order valence-corrected chi connectivity index (χ2v) is 24.6. The highest BCUT2D eigenvalue weighted by Crippen LogP contribution is 2.41. The molecule has 0 atom stereocenters. The number of hydrogen-bond donors (Lipinski definition) is 2. The Balaban J connectivity index is 0.000000113. The number of hydrogen-bond acceptors (Lipinski definition) is 4. The maximum atomic E-state index is 6.37. The Morgan fingerprint density at radius 2 is 0.716 bits per heavy atom. The monoisotopic (exact) mass is 1160 g/mol. The van der Waals surface area contributed by atoms with Crippen LogP contribution in [0.5, 0.6) is 0 Å². The number of fused-ring (bicyclic) bond motifs is 18. The van der Waals surface area contributed by atoms with E-state index in [2.05, 4.69) is 253 Å². The zero-order chi connectivity index (χ0) is 59.0. The van der Waals surface area contributed by atoms with E-state index >= 15 is 0 Å². The molecular formula is C78H56BClN4O4. The summed E-state index contributed by atoms with van der Waals surface area (Å²) < 4.78 is 29.7. The summed E-state index contributed by atoms with van der Waals surface area (Å²) in [5, 5.41) is 15.2. The van der Waals surface area contributed by atoms with E-state index in [9.17, 15) is 0 Å². The number of benzene rings is 12. The SMILES string of the molecule is CC1(C)OB(c2ccc3c4ccccc4n(-c4ccc5oc6ccccc6c5c4)c3c2)OC1(C)C.Clc1ccc2c(c1)[nH]c1ccccc12.c1ccc2c(c1)[nH]c1cc(-c3ccc4c5ccccc5n(-c5ccc6oc7ccccc7c6c5)c4c3)ccc12. The van der Waals surface area contributed by atoms with Gasteiger partial charge in [0.1, 0.15) is 22.3 Å². The summed E-state index contributed by atoms with van der Waals surface area (Å²) in [7, 11) is -0.406. The molecule has 1 fully saturated rings. The third kappa shape index (κ3) is 8.37. The van der Waals surface area contributed by atoms with Crippen LogP contribution in [0.1, 0.15) is 27.7 Å². The molecule has 1 aliphatic rings. The van der Waals surface area contributed by atoms with Crippen LogP contribution < -0.4 is 5.46 Å². The number of halogens is 1. The van der Waals surface area contributed by atoms with Crippen molar-refractivity contribution < 1.29 is 18.1 Å². The van der Waals surface area contributed by atoms with Gasteiger partial charge in [-0.1, -0.05) is 163 Å². The number of para-hydroxylation sites is 6. The Morgan fingerprint density at radius 3 is 1.27 bits per heavy atom. The summed E-state index contributed by atoms with van der Waals surface area (Å²) in [5.74, 6) is 0. The van der Waals surface area contributed by atoms with E-state index in [0.717, 1.165) is 87.8 Å². The topological polar surface area (TPSA) is 86.2 Å². The Bertz CT molecular complexity index is 5820. The van der Waals surface area contributed by atoms with Crippen LogP contribution >= 0.6 is 11.6 Å². The number of nitrogens with zero attached hydrogens (tertiary/aromatic N) is 2. The van der Waals surface area contributed by atoms with Crippen molar-refractivity contribution in [2.24, 2.45) is 0 Å².